The van der Waals surface area contributed by atoms with E-state index in [4.69, 9.17) is 15.3 Å². The molecule has 0 bridgehead atoms. The Balaban J connectivity index is 4.32. The van der Waals surface area contributed by atoms with Gasteiger partial charge in [-0.15, -0.1) is 0 Å². The largest absolute Gasteiger partial charge is 0.478 e. The first-order valence-corrected chi connectivity index (χ1v) is 2.85. The van der Waals surface area contributed by atoms with Crippen molar-refractivity contribution in [3.8, 4) is 0 Å². The summed E-state index contributed by atoms with van der Waals surface area (Å²) in [7, 11) is 0. The Bertz CT molecular complexity index is 193. The first kappa shape index (κ1) is 9.64. The van der Waals surface area contributed by atoms with E-state index in [0.717, 1.165) is 0 Å². The van der Waals surface area contributed by atoms with Crippen LogP contribution in [0.2, 0.25) is 0 Å². The Morgan fingerprint density at radius 2 is 1.82 bits per heavy atom. The average Bonchev–Trinajstić information content (AvgIpc) is 1.86. The zero-order chi connectivity index (χ0) is 8.85. The van der Waals surface area contributed by atoms with E-state index in [-0.39, 0.29) is 18.6 Å². The molecule has 0 radical (unpaired) electrons. The monoisotopic (exact) mass is 160 g/mol. The van der Waals surface area contributed by atoms with Gasteiger partial charge in [-0.2, -0.15) is 0 Å². The van der Waals surface area contributed by atoms with E-state index < -0.39 is 11.9 Å². The lowest BCUT2D eigenvalue weighted by Crippen LogP contribution is -2.05. The van der Waals surface area contributed by atoms with Crippen LogP contribution in [0.4, 0.5) is 0 Å². The van der Waals surface area contributed by atoms with Crippen LogP contribution in [0, 0.1) is 0 Å². The number of hydrogen-bond donors (Lipinski definition) is 3. The Morgan fingerprint density at radius 1 is 1.27 bits per heavy atom. The molecule has 0 saturated carbocycles. The molecule has 0 aliphatic carbocycles. The lowest BCUT2D eigenvalue weighted by atomic mass is 10.2. The highest BCUT2D eigenvalue weighted by Crippen LogP contribution is 1.99. The number of hydrogen-bond acceptors (Lipinski definition) is 3. The van der Waals surface area contributed by atoms with Crippen LogP contribution < -0.4 is 0 Å². The third kappa shape index (κ3) is 4.10. The molecule has 0 unspecified atom stereocenters. The van der Waals surface area contributed by atoms with Gasteiger partial charge in [-0.25, -0.2) is 9.59 Å². The molecule has 5 nitrogen and oxygen atoms in total. The zero-order valence-corrected chi connectivity index (χ0v) is 5.65. The minimum Gasteiger partial charge on any atom is -0.478 e. The van der Waals surface area contributed by atoms with Crippen LogP contribution in [0.15, 0.2) is 11.6 Å². The summed E-state index contributed by atoms with van der Waals surface area (Å²) in [6, 6.07) is 0. The van der Waals surface area contributed by atoms with Gasteiger partial charge in [-0.3, -0.25) is 0 Å². The van der Waals surface area contributed by atoms with E-state index in [1.165, 1.54) is 0 Å². The first-order valence-electron chi connectivity index (χ1n) is 2.85. The van der Waals surface area contributed by atoms with E-state index >= 15 is 0 Å². The van der Waals surface area contributed by atoms with E-state index in [9.17, 15) is 9.59 Å². The Labute approximate surface area is 62.6 Å². The molecule has 0 aromatic heterocycles. The molecule has 0 amide bonds. The maximum absolute atomic E-state index is 10.2. The number of aliphatic carboxylic acids is 2. The van der Waals surface area contributed by atoms with Crippen molar-refractivity contribution in [3.05, 3.63) is 11.6 Å². The highest BCUT2D eigenvalue weighted by atomic mass is 16.4. The third-order valence-corrected chi connectivity index (χ3v) is 0.954. The predicted octanol–water partition coefficient (Wildman–Crippen LogP) is -0.536. The van der Waals surface area contributed by atoms with Crippen molar-refractivity contribution in [1.29, 1.82) is 0 Å². The number of carbonyl (C=O) groups is 2. The molecule has 0 aliphatic heterocycles. The van der Waals surface area contributed by atoms with E-state index in [1.54, 1.807) is 0 Å². The molecule has 0 atom stereocenters. The van der Waals surface area contributed by atoms with E-state index in [0.29, 0.717) is 6.08 Å². The second-order valence-corrected chi connectivity index (χ2v) is 1.79. The molecule has 0 saturated heterocycles. The van der Waals surface area contributed by atoms with Gasteiger partial charge in [0.25, 0.3) is 0 Å². The summed E-state index contributed by atoms with van der Waals surface area (Å²) in [5.41, 5.74) is -0.306. The van der Waals surface area contributed by atoms with Gasteiger partial charge in [0.1, 0.15) is 0 Å². The summed E-state index contributed by atoms with van der Waals surface area (Å²) in [4.78, 5) is 20.1. The van der Waals surface area contributed by atoms with Crippen molar-refractivity contribution in [2.24, 2.45) is 0 Å². The molecule has 5 heteroatoms. The molecule has 3 N–H and O–H groups in total. The van der Waals surface area contributed by atoms with Crippen molar-refractivity contribution in [3.63, 3.8) is 0 Å². The molecule has 11 heavy (non-hydrogen) atoms. The van der Waals surface area contributed by atoms with Crippen molar-refractivity contribution in [2.45, 2.75) is 6.42 Å². The fraction of sp³-hybridized carbons (Fsp3) is 0.333. The molecule has 0 heterocycles. The van der Waals surface area contributed by atoms with Crippen LogP contribution in [0.5, 0.6) is 0 Å². The number of aliphatic hydroxyl groups excluding tert-OH is 1. The molecular weight excluding hydrogens is 152 g/mol. The summed E-state index contributed by atoms with van der Waals surface area (Å²) >= 11 is 0. The molecule has 62 valence electrons. The topological polar surface area (TPSA) is 94.8 Å². The summed E-state index contributed by atoms with van der Waals surface area (Å²) in [5.74, 6) is -2.64. The van der Waals surface area contributed by atoms with Crippen LogP contribution in [0.3, 0.4) is 0 Å². The summed E-state index contributed by atoms with van der Waals surface area (Å²) in [6.45, 7) is -0.370. The molecule has 0 aromatic carbocycles. The average molecular weight is 160 g/mol. The number of rotatable bonds is 4. The smallest absolute Gasteiger partial charge is 0.331 e. The van der Waals surface area contributed by atoms with E-state index in [2.05, 4.69) is 0 Å². The first-order chi connectivity index (χ1) is 5.07. The van der Waals surface area contributed by atoms with Crippen LogP contribution in [0.1, 0.15) is 6.42 Å². The van der Waals surface area contributed by atoms with Crippen molar-refractivity contribution >= 4 is 11.9 Å². The second-order valence-electron chi connectivity index (χ2n) is 1.79. The fourth-order valence-electron chi connectivity index (χ4n) is 0.510. The zero-order valence-electron chi connectivity index (χ0n) is 5.65. The van der Waals surface area contributed by atoms with Crippen molar-refractivity contribution in [2.75, 3.05) is 6.61 Å². The molecule has 0 aromatic rings. The van der Waals surface area contributed by atoms with Crippen LogP contribution >= 0.6 is 0 Å². The van der Waals surface area contributed by atoms with Gasteiger partial charge in [0.15, 0.2) is 0 Å². The van der Waals surface area contributed by atoms with Gasteiger partial charge in [-0.05, 0) is 0 Å². The highest BCUT2D eigenvalue weighted by molar-refractivity contribution is 5.94. The van der Waals surface area contributed by atoms with E-state index in [1.807, 2.05) is 0 Å². The number of aliphatic hydroxyl groups is 1. The van der Waals surface area contributed by atoms with Crippen LogP contribution in [-0.4, -0.2) is 33.9 Å². The Kier molecular flexibility index (Phi) is 3.90. The summed E-state index contributed by atoms with van der Waals surface area (Å²) in [6.07, 6.45) is 0.417. The SMILES string of the molecule is O=C(O)C=C(CCO)C(=O)O. The highest BCUT2D eigenvalue weighted by Gasteiger charge is 2.07. The van der Waals surface area contributed by atoms with Gasteiger partial charge < -0.3 is 15.3 Å². The predicted molar refractivity (Wildman–Crippen MR) is 35.1 cm³/mol. The molecule has 0 rings (SSSR count). The lowest BCUT2D eigenvalue weighted by Gasteiger charge is -1.95. The van der Waals surface area contributed by atoms with Gasteiger partial charge in [0.2, 0.25) is 0 Å². The van der Waals surface area contributed by atoms with Crippen molar-refractivity contribution < 1.29 is 24.9 Å². The van der Waals surface area contributed by atoms with Gasteiger partial charge >= 0.3 is 11.9 Å². The summed E-state index contributed by atoms with van der Waals surface area (Å²) in [5, 5.41) is 24.7. The Hall–Kier alpha value is -1.36. The number of carboxylic acids is 2. The minimum atomic E-state index is -1.32. The maximum Gasteiger partial charge on any atom is 0.331 e. The summed E-state index contributed by atoms with van der Waals surface area (Å²) < 4.78 is 0. The second kappa shape index (κ2) is 4.45. The van der Waals surface area contributed by atoms with Crippen LogP contribution in [0.25, 0.3) is 0 Å². The molecule has 0 spiro atoms. The molecule has 0 fully saturated rings. The Morgan fingerprint density at radius 3 is 2.09 bits per heavy atom. The molecular formula is C6H8O5. The minimum absolute atomic E-state index is 0.151. The van der Waals surface area contributed by atoms with Gasteiger partial charge in [0, 0.05) is 24.7 Å². The number of carboxylic acid groups (broad SMARTS) is 2. The lowest BCUT2D eigenvalue weighted by molar-refractivity contribution is -0.135. The van der Waals surface area contributed by atoms with Crippen molar-refractivity contribution in [1.82, 2.24) is 0 Å². The third-order valence-electron chi connectivity index (χ3n) is 0.954. The standard InChI is InChI=1S/C6H8O5/c7-2-1-4(6(10)11)3-5(8)9/h3,7H,1-2H2,(H,8,9)(H,10,11). The van der Waals surface area contributed by atoms with Crippen LogP contribution in [-0.2, 0) is 9.59 Å². The normalized spacial score (nSPS) is 11.2. The van der Waals surface area contributed by atoms with Gasteiger partial charge in [0.05, 0.1) is 0 Å². The van der Waals surface area contributed by atoms with Gasteiger partial charge in [-0.1, -0.05) is 0 Å². The fourth-order valence-corrected chi connectivity index (χ4v) is 0.510. The quantitative estimate of drug-likeness (QED) is 0.480. The molecule has 0 aliphatic rings. The maximum atomic E-state index is 10.2.